The van der Waals surface area contributed by atoms with E-state index in [1.54, 1.807) is 12.1 Å². The molecule has 0 amide bonds. The molecule has 2 aromatic carbocycles. The zero-order chi connectivity index (χ0) is 20.0. The molecule has 1 atom stereocenters. The van der Waals surface area contributed by atoms with Crippen LogP contribution in [0.3, 0.4) is 0 Å². The standard InChI is InChI=1S/C24H24F2N2/c1-5-17-9-16(4)23(10-15(17)3)28-13-21(19-7-6-14(2)8-22(19)26)20-11-18(25)12-27-24(20)28/h6-11,13,18H,5,12H2,1-4H3. The first-order chi connectivity index (χ1) is 13.4. The van der Waals surface area contributed by atoms with Crippen molar-refractivity contribution in [1.82, 2.24) is 4.57 Å². The Morgan fingerprint density at radius 3 is 2.57 bits per heavy atom. The fourth-order valence-corrected chi connectivity index (χ4v) is 3.98. The SMILES string of the molecule is CCc1cc(C)c(-n2cc(-c3ccc(C)cc3F)c3c2=NCC(F)C=3)cc1C. The van der Waals surface area contributed by atoms with Crippen molar-refractivity contribution < 1.29 is 8.78 Å². The van der Waals surface area contributed by atoms with Crippen molar-refractivity contribution in [2.45, 2.75) is 40.3 Å². The minimum Gasteiger partial charge on any atom is -0.301 e. The van der Waals surface area contributed by atoms with Crippen LogP contribution in [0.2, 0.25) is 0 Å². The number of aryl methyl sites for hydroxylation is 4. The first-order valence-electron chi connectivity index (χ1n) is 9.67. The molecule has 0 radical (unpaired) electrons. The van der Waals surface area contributed by atoms with Crippen molar-refractivity contribution in [1.29, 1.82) is 0 Å². The quantitative estimate of drug-likeness (QED) is 0.638. The van der Waals surface area contributed by atoms with Crippen molar-refractivity contribution in [3.05, 3.63) is 75.3 Å². The zero-order valence-electron chi connectivity index (χ0n) is 16.7. The average Bonchev–Trinajstić information content (AvgIpc) is 3.01. The van der Waals surface area contributed by atoms with E-state index in [1.165, 1.54) is 17.2 Å². The first kappa shape index (κ1) is 18.6. The Morgan fingerprint density at radius 2 is 1.86 bits per heavy atom. The fourth-order valence-electron chi connectivity index (χ4n) is 3.98. The maximum atomic E-state index is 14.7. The molecule has 1 aromatic heterocycles. The molecule has 0 N–H and O–H groups in total. The highest BCUT2D eigenvalue weighted by Gasteiger charge is 2.19. The van der Waals surface area contributed by atoms with Gasteiger partial charge >= 0.3 is 0 Å². The molecule has 28 heavy (non-hydrogen) atoms. The van der Waals surface area contributed by atoms with E-state index in [-0.39, 0.29) is 12.4 Å². The van der Waals surface area contributed by atoms with E-state index in [4.69, 9.17) is 0 Å². The molecule has 0 bridgehead atoms. The Kier molecular flexibility index (Phi) is 4.66. The van der Waals surface area contributed by atoms with Gasteiger partial charge in [-0.1, -0.05) is 25.1 Å². The lowest BCUT2D eigenvalue weighted by Crippen LogP contribution is -2.35. The second kappa shape index (κ2) is 7.01. The Balaban J connectivity index is 2.02. The van der Waals surface area contributed by atoms with Crippen molar-refractivity contribution in [3.8, 4) is 16.8 Å². The van der Waals surface area contributed by atoms with Gasteiger partial charge in [-0.3, -0.25) is 4.99 Å². The van der Waals surface area contributed by atoms with Crippen molar-refractivity contribution >= 4 is 6.08 Å². The molecule has 0 spiro atoms. The number of aromatic nitrogens is 1. The lowest BCUT2D eigenvalue weighted by atomic mass is 10.0. The summed E-state index contributed by atoms with van der Waals surface area (Å²) in [6.07, 6.45) is 3.28. The van der Waals surface area contributed by atoms with Gasteiger partial charge in [-0.05, 0) is 67.7 Å². The van der Waals surface area contributed by atoms with E-state index in [9.17, 15) is 8.78 Å². The number of rotatable bonds is 3. The van der Waals surface area contributed by atoms with E-state index in [0.717, 1.165) is 23.2 Å². The van der Waals surface area contributed by atoms with Gasteiger partial charge in [0.15, 0.2) is 0 Å². The zero-order valence-corrected chi connectivity index (χ0v) is 16.7. The summed E-state index contributed by atoms with van der Waals surface area (Å²) in [5.74, 6) is -0.302. The van der Waals surface area contributed by atoms with Crippen LogP contribution in [-0.2, 0) is 6.42 Å². The second-order valence-corrected chi connectivity index (χ2v) is 7.58. The molecule has 4 rings (SSSR count). The smallest absolute Gasteiger partial charge is 0.140 e. The van der Waals surface area contributed by atoms with Gasteiger partial charge in [-0.2, -0.15) is 0 Å². The Morgan fingerprint density at radius 1 is 1.07 bits per heavy atom. The van der Waals surface area contributed by atoms with Gasteiger partial charge in [0.05, 0.1) is 12.2 Å². The molecule has 0 saturated carbocycles. The van der Waals surface area contributed by atoms with Gasteiger partial charge in [-0.15, -0.1) is 0 Å². The van der Waals surface area contributed by atoms with Gasteiger partial charge in [-0.25, -0.2) is 8.78 Å². The van der Waals surface area contributed by atoms with Crippen molar-refractivity contribution in [3.63, 3.8) is 0 Å². The molecule has 1 aliphatic heterocycles. The molecule has 1 aliphatic rings. The van der Waals surface area contributed by atoms with Crippen LogP contribution in [0, 0.1) is 26.6 Å². The molecule has 144 valence electrons. The summed E-state index contributed by atoms with van der Waals surface area (Å²) < 4.78 is 30.8. The Hall–Kier alpha value is -2.75. The molecular weight excluding hydrogens is 354 g/mol. The molecule has 1 unspecified atom stereocenters. The summed E-state index contributed by atoms with van der Waals surface area (Å²) in [5.41, 5.74) is 7.32. The third-order valence-electron chi connectivity index (χ3n) is 5.49. The summed E-state index contributed by atoms with van der Waals surface area (Å²) in [5, 5.41) is 0.665. The summed E-state index contributed by atoms with van der Waals surface area (Å²) >= 11 is 0. The molecule has 2 heterocycles. The fraction of sp³-hybridized carbons (Fsp3) is 0.292. The van der Waals surface area contributed by atoms with E-state index in [0.29, 0.717) is 21.8 Å². The van der Waals surface area contributed by atoms with Crippen LogP contribution < -0.4 is 10.7 Å². The average molecular weight is 378 g/mol. The van der Waals surface area contributed by atoms with Crippen LogP contribution in [0.1, 0.15) is 29.2 Å². The highest BCUT2D eigenvalue weighted by Crippen LogP contribution is 2.24. The predicted molar refractivity (Wildman–Crippen MR) is 110 cm³/mol. The number of alkyl halides is 1. The third-order valence-corrected chi connectivity index (χ3v) is 5.49. The van der Waals surface area contributed by atoms with Gasteiger partial charge in [0.25, 0.3) is 0 Å². The summed E-state index contributed by atoms with van der Waals surface area (Å²) in [6.45, 7) is 8.25. The third kappa shape index (κ3) is 3.07. The van der Waals surface area contributed by atoms with E-state index in [2.05, 4.69) is 37.9 Å². The number of halogens is 2. The normalized spacial score (nSPS) is 15.7. The predicted octanol–water partition coefficient (Wildman–Crippen LogP) is 4.52. The van der Waals surface area contributed by atoms with Gasteiger partial charge in [0.1, 0.15) is 17.5 Å². The van der Waals surface area contributed by atoms with Gasteiger partial charge < -0.3 is 4.57 Å². The maximum absolute atomic E-state index is 14.7. The number of benzene rings is 2. The maximum Gasteiger partial charge on any atom is 0.140 e. The lowest BCUT2D eigenvalue weighted by molar-refractivity contribution is 0.421. The number of nitrogens with zero attached hydrogens (tertiary/aromatic N) is 2. The molecule has 0 fully saturated rings. The van der Waals surface area contributed by atoms with Crippen molar-refractivity contribution in [2.75, 3.05) is 6.54 Å². The summed E-state index contributed by atoms with van der Waals surface area (Å²) in [7, 11) is 0. The summed E-state index contributed by atoms with van der Waals surface area (Å²) in [4.78, 5) is 4.49. The monoisotopic (exact) mass is 378 g/mol. The first-order valence-corrected chi connectivity index (χ1v) is 9.67. The highest BCUT2D eigenvalue weighted by atomic mass is 19.1. The second-order valence-electron chi connectivity index (χ2n) is 7.58. The van der Waals surface area contributed by atoms with Crippen LogP contribution in [0.15, 0.2) is 41.5 Å². The number of hydrogen-bond acceptors (Lipinski definition) is 1. The number of hydrogen-bond donors (Lipinski definition) is 0. The van der Waals surface area contributed by atoms with E-state index < -0.39 is 6.17 Å². The van der Waals surface area contributed by atoms with Crippen LogP contribution in [-0.4, -0.2) is 17.3 Å². The van der Waals surface area contributed by atoms with Gasteiger partial charge in [0.2, 0.25) is 0 Å². The Bertz CT molecular complexity index is 1190. The van der Waals surface area contributed by atoms with E-state index in [1.807, 2.05) is 23.8 Å². The molecule has 2 nitrogen and oxygen atoms in total. The molecule has 0 saturated heterocycles. The van der Waals surface area contributed by atoms with Crippen LogP contribution in [0.5, 0.6) is 0 Å². The molecule has 4 heteroatoms. The van der Waals surface area contributed by atoms with Gasteiger partial charge in [0, 0.05) is 22.5 Å². The van der Waals surface area contributed by atoms with Crippen LogP contribution >= 0.6 is 0 Å². The van der Waals surface area contributed by atoms with Crippen molar-refractivity contribution in [2.24, 2.45) is 4.99 Å². The van der Waals surface area contributed by atoms with Crippen LogP contribution in [0.4, 0.5) is 8.78 Å². The minimum absolute atomic E-state index is 0.0951. The Labute approximate surface area is 163 Å². The molecule has 3 aromatic rings. The van der Waals surface area contributed by atoms with E-state index >= 15 is 0 Å². The largest absolute Gasteiger partial charge is 0.301 e. The minimum atomic E-state index is -1.15. The molecular formula is C24H24F2N2. The topological polar surface area (TPSA) is 17.3 Å². The summed E-state index contributed by atoms with van der Waals surface area (Å²) in [6, 6.07) is 9.48. The number of fused-ring (bicyclic) bond motifs is 1. The lowest BCUT2D eigenvalue weighted by Gasteiger charge is -2.13. The highest BCUT2D eigenvalue weighted by molar-refractivity contribution is 5.67. The molecule has 0 aliphatic carbocycles. The van der Waals surface area contributed by atoms with Crippen LogP contribution in [0.25, 0.3) is 22.9 Å².